The van der Waals surface area contributed by atoms with Crippen molar-refractivity contribution in [2.75, 3.05) is 0 Å². The first-order valence-corrected chi connectivity index (χ1v) is 6.43. The van der Waals surface area contributed by atoms with Crippen LogP contribution >= 0.6 is 0 Å². The second-order valence-electron chi connectivity index (χ2n) is 4.05. The molecule has 0 fully saturated rings. The highest BCUT2D eigenvalue weighted by Crippen LogP contribution is 1.96. The van der Waals surface area contributed by atoms with Crippen LogP contribution in [0.3, 0.4) is 0 Å². The zero-order valence-electron chi connectivity index (χ0n) is 12.0. The molecule has 0 heterocycles. The van der Waals surface area contributed by atoms with Crippen molar-refractivity contribution in [1.29, 1.82) is 0 Å². The van der Waals surface area contributed by atoms with Gasteiger partial charge in [-0.25, -0.2) is 0 Å². The zero-order chi connectivity index (χ0) is 13.2. The summed E-state index contributed by atoms with van der Waals surface area (Å²) in [6.45, 7) is 19.3. The number of unbranched alkanes of at least 4 members (excludes halogenated alkanes) is 2. The van der Waals surface area contributed by atoms with E-state index in [1.807, 2.05) is 18.2 Å². The fraction of sp³-hybridized carbons (Fsp3) is 0.625. The average molecular weight is 224 g/mol. The van der Waals surface area contributed by atoms with Crippen LogP contribution in [-0.2, 0) is 0 Å². The van der Waals surface area contributed by atoms with Crippen molar-refractivity contribution in [3.8, 4) is 0 Å². The molecule has 0 radical (unpaired) electrons. The van der Waals surface area contributed by atoms with E-state index < -0.39 is 0 Å². The predicted octanol–water partition coefficient (Wildman–Crippen LogP) is 6.16. The van der Waals surface area contributed by atoms with Crippen LogP contribution in [0.4, 0.5) is 0 Å². The van der Waals surface area contributed by atoms with E-state index in [1.54, 1.807) is 0 Å². The first-order chi connectivity index (χ1) is 7.60. The van der Waals surface area contributed by atoms with Gasteiger partial charge in [-0.1, -0.05) is 58.8 Å². The van der Waals surface area contributed by atoms with Crippen LogP contribution in [0, 0.1) is 5.92 Å². The summed E-state index contributed by atoms with van der Waals surface area (Å²) in [6, 6.07) is 0. The molecule has 0 aromatic rings. The van der Waals surface area contributed by atoms with Crippen molar-refractivity contribution < 1.29 is 0 Å². The summed E-state index contributed by atoms with van der Waals surface area (Å²) in [4.78, 5) is 0. The van der Waals surface area contributed by atoms with Crippen molar-refractivity contribution >= 4 is 0 Å². The Hall–Kier alpha value is -0.780. The molecular weight excluding hydrogens is 192 g/mol. The maximum Gasteiger partial charge on any atom is -0.0330 e. The summed E-state index contributed by atoms with van der Waals surface area (Å²) in [5, 5.41) is 0. The minimum Gasteiger partial charge on any atom is -0.103 e. The first-order valence-electron chi connectivity index (χ1n) is 6.43. The van der Waals surface area contributed by atoms with Gasteiger partial charge in [0.25, 0.3) is 0 Å². The molecule has 16 heavy (non-hydrogen) atoms. The van der Waals surface area contributed by atoms with Crippen LogP contribution in [0.15, 0.2) is 38.0 Å². The summed E-state index contributed by atoms with van der Waals surface area (Å²) in [5.41, 5.74) is 0. The Morgan fingerprint density at radius 2 is 1.44 bits per heavy atom. The van der Waals surface area contributed by atoms with Crippen LogP contribution in [0.2, 0.25) is 0 Å². The van der Waals surface area contributed by atoms with Crippen LogP contribution in [-0.4, -0.2) is 0 Å². The third-order valence-electron chi connectivity index (χ3n) is 1.69. The molecule has 0 heteroatoms. The molecule has 0 N–H and O–H groups in total. The smallest absolute Gasteiger partial charge is 0.0330 e. The van der Waals surface area contributed by atoms with E-state index in [0.717, 1.165) is 18.8 Å². The van der Waals surface area contributed by atoms with E-state index in [0.29, 0.717) is 0 Å². The highest BCUT2D eigenvalue weighted by atomic mass is 13.9. The summed E-state index contributed by atoms with van der Waals surface area (Å²) < 4.78 is 0. The van der Waals surface area contributed by atoms with E-state index in [2.05, 4.69) is 47.4 Å². The average Bonchev–Trinajstić information content (AvgIpc) is 2.27. The quantitative estimate of drug-likeness (QED) is 0.374. The predicted molar refractivity (Wildman–Crippen MR) is 79.9 cm³/mol. The molecule has 0 aromatic carbocycles. The first kappa shape index (κ1) is 20.6. The second-order valence-corrected chi connectivity index (χ2v) is 4.05. The van der Waals surface area contributed by atoms with Gasteiger partial charge in [-0.3, -0.25) is 0 Å². The Balaban J connectivity index is -0.000000162. The molecule has 0 nitrogen and oxygen atoms in total. The summed E-state index contributed by atoms with van der Waals surface area (Å²) >= 11 is 0. The standard InChI is InChI=1S/2C6H12.C4H8/c1-4-5-6(2)3;1-3-5-6-4-2;1-3-4-2/h4,6H,1,5H2,2-3H3;3H,1,4-6H2,2H3;3H,1,4H2,2H3. The van der Waals surface area contributed by atoms with Crippen LogP contribution in [0.5, 0.6) is 0 Å². The third-order valence-corrected chi connectivity index (χ3v) is 1.69. The topological polar surface area (TPSA) is 0 Å². The summed E-state index contributed by atoms with van der Waals surface area (Å²) in [7, 11) is 0. The molecule has 0 unspecified atom stereocenters. The fourth-order valence-electron chi connectivity index (χ4n) is 0.682. The molecule has 0 saturated heterocycles. The number of hydrogen-bond acceptors (Lipinski definition) is 0. The van der Waals surface area contributed by atoms with Gasteiger partial charge >= 0.3 is 0 Å². The third kappa shape index (κ3) is 51.0. The van der Waals surface area contributed by atoms with Crippen molar-refractivity contribution in [3.63, 3.8) is 0 Å². The minimum atomic E-state index is 0.780. The molecule has 0 aliphatic heterocycles. The van der Waals surface area contributed by atoms with Gasteiger partial charge < -0.3 is 0 Å². The van der Waals surface area contributed by atoms with Gasteiger partial charge in [-0.05, 0) is 25.2 Å². The van der Waals surface area contributed by atoms with Gasteiger partial charge in [0.2, 0.25) is 0 Å². The molecule has 0 aliphatic carbocycles. The van der Waals surface area contributed by atoms with Crippen LogP contribution in [0.1, 0.15) is 59.8 Å². The van der Waals surface area contributed by atoms with E-state index in [9.17, 15) is 0 Å². The largest absolute Gasteiger partial charge is 0.103 e. The van der Waals surface area contributed by atoms with E-state index in [1.165, 1.54) is 19.3 Å². The maximum atomic E-state index is 3.60. The molecule has 0 bridgehead atoms. The number of hydrogen-bond donors (Lipinski definition) is 0. The molecule has 0 rings (SSSR count). The molecule has 0 aromatic heterocycles. The molecule has 0 aliphatic rings. The highest BCUT2D eigenvalue weighted by Gasteiger charge is 1.82. The lowest BCUT2D eigenvalue weighted by atomic mass is 10.1. The van der Waals surface area contributed by atoms with Crippen molar-refractivity contribution in [3.05, 3.63) is 38.0 Å². The highest BCUT2D eigenvalue weighted by molar-refractivity contribution is 4.67. The van der Waals surface area contributed by atoms with Gasteiger partial charge in [-0.15, -0.1) is 19.7 Å². The van der Waals surface area contributed by atoms with Gasteiger partial charge in [-0.2, -0.15) is 0 Å². The van der Waals surface area contributed by atoms with E-state index in [-0.39, 0.29) is 0 Å². The molecular formula is C16H32. The zero-order valence-corrected chi connectivity index (χ0v) is 12.0. The normalized spacial score (nSPS) is 8.06. The minimum absolute atomic E-state index is 0.780. The van der Waals surface area contributed by atoms with Crippen LogP contribution in [0.25, 0.3) is 0 Å². The van der Waals surface area contributed by atoms with Crippen LogP contribution < -0.4 is 0 Å². The Kier molecular flexibility index (Phi) is 30.6. The van der Waals surface area contributed by atoms with E-state index >= 15 is 0 Å². The molecule has 0 spiro atoms. The Bertz CT molecular complexity index is 131. The van der Waals surface area contributed by atoms with E-state index in [4.69, 9.17) is 0 Å². The van der Waals surface area contributed by atoms with Gasteiger partial charge in [0.05, 0.1) is 0 Å². The second kappa shape index (κ2) is 23.8. The number of rotatable bonds is 6. The van der Waals surface area contributed by atoms with Gasteiger partial charge in [0.1, 0.15) is 0 Å². The lowest BCUT2D eigenvalue weighted by Gasteiger charge is -1.92. The van der Waals surface area contributed by atoms with Crippen molar-refractivity contribution in [1.82, 2.24) is 0 Å². The monoisotopic (exact) mass is 224 g/mol. The SMILES string of the molecule is C=CCC.C=CCC(C)C.C=CCCCC. The Morgan fingerprint density at radius 3 is 1.50 bits per heavy atom. The van der Waals surface area contributed by atoms with Crippen molar-refractivity contribution in [2.24, 2.45) is 5.92 Å². The lowest BCUT2D eigenvalue weighted by molar-refractivity contribution is 0.664. The molecule has 0 atom stereocenters. The Labute approximate surface area is 104 Å². The van der Waals surface area contributed by atoms with Gasteiger partial charge in [0, 0.05) is 0 Å². The van der Waals surface area contributed by atoms with Crippen molar-refractivity contribution in [2.45, 2.75) is 59.8 Å². The molecule has 0 saturated carbocycles. The number of allylic oxidation sites excluding steroid dienone is 3. The summed E-state index contributed by atoms with van der Waals surface area (Å²) in [6.07, 6.45) is 11.8. The Morgan fingerprint density at radius 1 is 0.938 bits per heavy atom. The molecule has 0 amide bonds. The maximum absolute atomic E-state index is 3.60. The fourth-order valence-corrected chi connectivity index (χ4v) is 0.682. The van der Waals surface area contributed by atoms with Gasteiger partial charge in [0.15, 0.2) is 0 Å². The lowest BCUT2D eigenvalue weighted by Crippen LogP contribution is -1.78. The summed E-state index contributed by atoms with van der Waals surface area (Å²) in [5.74, 6) is 0.780. The molecule has 96 valence electrons.